The fourth-order valence-electron chi connectivity index (χ4n) is 1.68. The van der Waals surface area contributed by atoms with Crippen LogP contribution >= 0.6 is 0 Å². The molecule has 0 aliphatic carbocycles. The Morgan fingerprint density at radius 2 is 2.00 bits per heavy atom. The van der Waals surface area contributed by atoms with E-state index in [0.29, 0.717) is 23.5 Å². The summed E-state index contributed by atoms with van der Waals surface area (Å²) in [6.07, 6.45) is 0. The summed E-state index contributed by atoms with van der Waals surface area (Å²) < 4.78 is 0. The standard InChI is InChI=1S/C14H21N3O2/c1-8(2)13(15)14(19)16-7-11-5-6-12(10(4)18)9(3)17-11/h5-6,8,13H,7,15H2,1-4H3,(H,16,19)/t13-/m0/s1. The van der Waals surface area contributed by atoms with Crippen molar-refractivity contribution in [2.24, 2.45) is 11.7 Å². The third-order valence-electron chi connectivity index (χ3n) is 2.99. The van der Waals surface area contributed by atoms with Crippen LogP contribution in [0.5, 0.6) is 0 Å². The molecule has 0 saturated heterocycles. The van der Waals surface area contributed by atoms with Crippen LogP contribution in [0.3, 0.4) is 0 Å². The number of nitrogens with one attached hydrogen (secondary N) is 1. The summed E-state index contributed by atoms with van der Waals surface area (Å²) in [5, 5.41) is 2.74. The second kappa shape index (κ2) is 6.43. The van der Waals surface area contributed by atoms with Gasteiger partial charge in [-0.1, -0.05) is 13.8 Å². The van der Waals surface area contributed by atoms with E-state index >= 15 is 0 Å². The average molecular weight is 263 g/mol. The van der Waals surface area contributed by atoms with E-state index in [1.54, 1.807) is 19.1 Å². The monoisotopic (exact) mass is 263 g/mol. The number of amides is 1. The number of carbonyl (C=O) groups excluding carboxylic acids is 2. The lowest BCUT2D eigenvalue weighted by Crippen LogP contribution is -2.43. The minimum atomic E-state index is -0.516. The molecule has 1 heterocycles. The van der Waals surface area contributed by atoms with Gasteiger partial charge < -0.3 is 11.1 Å². The van der Waals surface area contributed by atoms with Gasteiger partial charge in [-0.05, 0) is 31.9 Å². The number of nitrogens with zero attached hydrogens (tertiary/aromatic N) is 1. The summed E-state index contributed by atoms with van der Waals surface area (Å²) in [5.74, 6) is -0.109. The number of aryl methyl sites for hydroxylation is 1. The van der Waals surface area contributed by atoms with Crippen LogP contribution in [0.1, 0.15) is 42.5 Å². The van der Waals surface area contributed by atoms with Gasteiger partial charge >= 0.3 is 0 Å². The summed E-state index contributed by atoms with van der Waals surface area (Å²) in [5.41, 5.74) is 7.73. The Morgan fingerprint density at radius 1 is 1.37 bits per heavy atom. The Labute approximate surface area is 113 Å². The van der Waals surface area contributed by atoms with E-state index in [1.165, 1.54) is 6.92 Å². The molecule has 1 amide bonds. The quantitative estimate of drug-likeness (QED) is 0.781. The van der Waals surface area contributed by atoms with Crippen LogP contribution in [-0.2, 0) is 11.3 Å². The second-order valence-corrected chi connectivity index (χ2v) is 4.98. The van der Waals surface area contributed by atoms with Gasteiger partial charge in [-0.25, -0.2) is 0 Å². The molecule has 104 valence electrons. The molecular formula is C14H21N3O2. The third kappa shape index (κ3) is 4.13. The predicted molar refractivity (Wildman–Crippen MR) is 73.6 cm³/mol. The summed E-state index contributed by atoms with van der Waals surface area (Å²) in [6, 6.07) is 2.96. The summed E-state index contributed by atoms with van der Waals surface area (Å²) in [4.78, 5) is 27.3. The lowest BCUT2D eigenvalue weighted by molar-refractivity contribution is -0.123. The molecule has 1 aromatic rings. The first-order chi connectivity index (χ1) is 8.82. The molecule has 0 radical (unpaired) electrons. The van der Waals surface area contributed by atoms with Crippen LogP contribution in [0, 0.1) is 12.8 Å². The lowest BCUT2D eigenvalue weighted by atomic mass is 10.1. The molecular weight excluding hydrogens is 242 g/mol. The van der Waals surface area contributed by atoms with E-state index in [4.69, 9.17) is 5.73 Å². The highest BCUT2D eigenvalue weighted by molar-refractivity contribution is 5.95. The van der Waals surface area contributed by atoms with Gasteiger partial charge in [-0.15, -0.1) is 0 Å². The molecule has 0 spiro atoms. The van der Waals surface area contributed by atoms with E-state index in [1.807, 2.05) is 13.8 Å². The van der Waals surface area contributed by atoms with Crippen molar-refractivity contribution in [3.8, 4) is 0 Å². The second-order valence-electron chi connectivity index (χ2n) is 4.98. The minimum Gasteiger partial charge on any atom is -0.349 e. The molecule has 1 rings (SSSR count). The van der Waals surface area contributed by atoms with E-state index in [2.05, 4.69) is 10.3 Å². The smallest absolute Gasteiger partial charge is 0.237 e. The van der Waals surface area contributed by atoms with Gasteiger partial charge in [-0.2, -0.15) is 0 Å². The first-order valence-corrected chi connectivity index (χ1v) is 6.33. The van der Waals surface area contributed by atoms with Crippen molar-refractivity contribution < 1.29 is 9.59 Å². The molecule has 5 nitrogen and oxygen atoms in total. The number of pyridine rings is 1. The fourth-order valence-corrected chi connectivity index (χ4v) is 1.68. The highest BCUT2D eigenvalue weighted by Crippen LogP contribution is 2.08. The van der Waals surface area contributed by atoms with Gasteiger partial charge in [0, 0.05) is 11.3 Å². The van der Waals surface area contributed by atoms with Gasteiger partial charge in [-0.3, -0.25) is 14.6 Å². The van der Waals surface area contributed by atoms with Crippen LogP contribution in [0.15, 0.2) is 12.1 Å². The number of aromatic nitrogens is 1. The van der Waals surface area contributed by atoms with Crippen molar-refractivity contribution in [2.75, 3.05) is 0 Å². The average Bonchev–Trinajstić information content (AvgIpc) is 2.34. The molecule has 0 aliphatic heterocycles. The number of ketones is 1. The predicted octanol–water partition coefficient (Wildman–Crippen LogP) is 1.19. The molecule has 0 bridgehead atoms. The molecule has 1 atom stereocenters. The highest BCUT2D eigenvalue weighted by atomic mass is 16.2. The Morgan fingerprint density at radius 3 is 2.47 bits per heavy atom. The number of carbonyl (C=O) groups is 2. The summed E-state index contributed by atoms with van der Waals surface area (Å²) in [6.45, 7) is 7.40. The maximum Gasteiger partial charge on any atom is 0.237 e. The topological polar surface area (TPSA) is 85.1 Å². The minimum absolute atomic E-state index is 0.0117. The zero-order chi connectivity index (χ0) is 14.6. The Bertz CT molecular complexity index is 484. The number of rotatable bonds is 5. The van der Waals surface area contributed by atoms with Crippen LogP contribution < -0.4 is 11.1 Å². The fraction of sp³-hybridized carbons (Fsp3) is 0.500. The molecule has 0 aliphatic rings. The van der Waals surface area contributed by atoms with Crippen molar-refractivity contribution in [3.05, 3.63) is 29.1 Å². The molecule has 0 unspecified atom stereocenters. The van der Waals surface area contributed by atoms with Crippen LogP contribution in [0.4, 0.5) is 0 Å². The van der Waals surface area contributed by atoms with Crippen molar-refractivity contribution >= 4 is 11.7 Å². The molecule has 19 heavy (non-hydrogen) atoms. The number of nitrogens with two attached hydrogens (primary N) is 1. The molecule has 0 fully saturated rings. The first kappa shape index (κ1) is 15.3. The van der Waals surface area contributed by atoms with Gasteiger partial charge in [0.1, 0.15) is 0 Å². The van der Waals surface area contributed by atoms with Gasteiger partial charge in [0.05, 0.1) is 18.3 Å². The number of Topliss-reactive ketones (excluding diaryl/α,β-unsaturated/α-hetero) is 1. The summed E-state index contributed by atoms with van der Waals surface area (Å²) >= 11 is 0. The molecule has 1 aromatic heterocycles. The Hall–Kier alpha value is -1.75. The number of hydrogen-bond donors (Lipinski definition) is 2. The molecule has 0 aromatic carbocycles. The Kier molecular flexibility index (Phi) is 5.18. The zero-order valence-electron chi connectivity index (χ0n) is 11.9. The SMILES string of the molecule is CC(=O)c1ccc(CNC(=O)[C@@H](N)C(C)C)nc1C. The highest BCUT2D eigenvalue weighted by Gasteiger charge is 2.16. The normalized spacial score (nSPS) is 12.3. The Balaban J connectivity index is 2.67. The van der Waals surface area contributed by atoms with E-state index in [0.717, 1.165) is 0 Å². The van der Waals surface area contributed by atoms with Gasteiger partial charge in [0.15, 0.2) is 5.78 Å². The van der Waals surface area contributed by atoms with Crippen molar-refractivity contribution in [1.29, 1.82) is 0 Å². The molecule has 5 heteroatoms. The van der Waals surface area contributed by atoms with Crippen molar-refractivity contribution in [1.82, 2.24) is 10.3 Å². The van der Waals surface area contributed by atoms with E-state index in [-0.39, 0.29) is 17.6 Å². The van der Waals surface area contributed by atoms with E-state index < -0.39 is 6.04 Å². The van der Waals surface area contributed by atoms with Crippen molar-refractivity contribution in [2.45, 2.75) is 40.3 Å². The lowest BCUT2D eigenvalue weighted by Gasteiger charge is -2.15. The van der Waals surface area contributed by atoms with Crippen LogP contribution in [0.2, 0.25) is 0 Å². The largest absolute Gasteiger partial charge is 0.349 e. The zero-order valence-corrected chi connectivity index (χ0v) is 11.9. The van der Waals surface area contributed by atoms with Gasteiger partial charge in [0.2, 0.25) is 5.91 Å². The van der Waals surface area contributed by atoms with Gasteiger partial charge in [0.25, 0.3) is 0 Å². The number of hydrogen-bond acceptors (Lipinski definition) is 4. The van der Waals surface area contributed by atoms with Crippen molar-refractivity contribution in [3.63, 3.8) is 0 Å². The molecule has 3 N–H and O–H groups in total. The third-order valence-corrected chi connectivity index (χ3v) is 2.99. The van der Waals surface area contributed by atoms with E-state index in [9.17, 15) is 9.59 Å². The maximum absolute atomic E-state index is 11.7. The van der Waals surface area contributed by atoms with Crippen LogP contribution in [-0.4, -0.2) is 22.7 Å². The first-order valence-electron chi connectivity index (χ1n) is 6.33. The van der Waals surface area contributed by atoms with Crippen LogP contribution in [0.25, 0.3) is 0 Å². The maximum atomic E-state index is 11.7. The molecule has 0 saturated carbocycles. The summed E-state index contributed by atoms with van der Waals surface area (Å²) in [7, 11) is 0.